The molecule has 2 aromatic rings. The Kier molecular flexibility index (Phi) is 2.86. The Morgan fingerprint density at radius 3 is 2.65 bits per heavy atom. The molecule has 0 amide bonds. The van der Waals surface area contributed by atoms with Crippen molar-refractivity contribution in [3.63, 3.8) is 0 Å². The van der Waals surface area contributed by atoms with Crippen molar-refractivity contribution in [2.45, 2.75) is 25.3 Å². The minimum atomic E-state index is 0.619. The number of piperidine rings is 1. The summed E-state index contributed by atoms with van der Waals surface area (Å²) in [6, 6.07) is 16.2. The summed E-state index contributed by atoms with van der Waals surface area (Å²) in [7, 11) is 2.25. The maximum absolute atomic E-state index is 2.49. The molecule has 1 unspecified atom stereocenters. The molecule has 1 aliphatic rings. The predicted octanol–water partition coefficient (Wildman–Crippen LogP) is 4.00. The van der Waals surface area contributed by atoms with Crippen LogP contribution in [0.1, 0.15) is 30.9 Å². The van der Waals surface area contributed by atoms with Gasteiger partial charge in [0.25, 0.3) is 0 Å². The van der Waals surface area contributed by atoms with E-state index in [0.29, 0.717) is 6.04 Å². The molecule has 0 saturated carbocycles. The highest BCUT2D eigenvalue weighted by Crippen LogP contribution is 2.31. The third-order valence-corrected chi connectivity index (χ3v) is 3.93. The van der Waals surface area contributed by atoms with Crippen molar-refractivity contribution in [2.75, 3.05) is 13.6 Å². The van der Waals surface area contributed by atoms with E-state index in [2.05, 4.69) is 54.4 Å². The maximum Gasteiger partial charge on any atom is 0.0345 e. The second-order valence-corrected chi connectivity index (χ2v) is 5.10. The molecule has 0 bridgehead atoms. The summed E-state index contributed by atoms with van der Waals surface area (Å²) in [6.07, 6.45) is 4.01. The van der Waals surface area contributed by atoms with E-state index < -0.39 is 0 Å². The zero-order chi connectivity index (χ0) is 11.7. The van der Waals surface area contributed by atoms with Crippen molar-refractivity contribution in [1.82, 2.24) is 4.90 Å². The molecule has 88 valence electrons. The van der Waals surface area contributed by atoms with Crippen molar-refractivity contribution in [2.24, 2.45) is 0 Å². The smallest absolute Gasteiger partial charge is 0.0345 e. The lowest BCUT2D eigenvalue weighted by atomic mass is 9.94. The third-order valence-electron chi connectivity index (χ3n) is 3.93. The average molecular weight is 225 g/mol. The lowest BCUT2D eigenvalue weighted by molar-refractivity contribution is 0.187. The minimum Gasteiger partial charge on any atom is -0.299 e. The van der Waals surface area contributed by atoms with Crippen molar-refractivity contribution < 1.29 is 0 Å². The third kappa shape index (κ3) is 2.07. The van der Waals surface area contributed by atoms with E-state index in [1.165, 1.54) is 42.1 Å². The molecule has 0 spiro atoms. The highest BCUT2D eigenvalue weighted by Gasteiger charge is 2.20. The SMILES string of the molecule is CN1CCCCC1c1ccc2ccccc2c1. The molecule has 0 N–H and O–H groups in total. The van der Waals surface area contributed by atoms with Gasteiger partial charge in [0.1, 0.15) is 0 Å². The van der Waals surface area contributed by atoms with Crippen LogP contribution in [0.15, 0.2) is 42.5 Å². The zero-order valence-corrected chi connectivity index (χ0v) is 10.4. The van der Waals surface area contributed by atoms with Crippen LogP contribution < -0.4 is 0 Å². The van der Waals surface area contributed by atoms with Gasteiger partial charge in [-0.25, -0.2) is 0 Å². The monoisotopic (exact) mass is 225 g/mol. The number of likely N-dealkylation sites (tertiary alicyclic amines) is 1. The van der Waals surface area contributed by atoms with Gasteiger partial charge in [0, 0.05) is 6.04 Å². The molecule has 1 nitrogen and oxygen atoms in total. The van der Waals surface area contributed by atoms with Gasteiger partial charge in [-0.1, -0.05) is 42.8 Å². The van der Waals surface area contributed by atoms with Gasteiger partial charge < -0.3 is 0 Å². The van der Waals surface area contributed by atoms with Gasteiger partial charge in [-0.05, 0) is 48.8 Å². The van der Waals surface area contributed by atoms with Crippen molar-refractivity contribution in [3.8, 4) is 0 Å². The highest BCUT2D eigenvalue weighted by atomic mass is 15.1. The van der Waals surface area contributed by atoms with Gasteiger partial charge in [0.2, 0.25) is 0 Å². The van der Waals surface area contributed by atoms with Crippen molar-refractivity contribution >= 4 is 10.8 Å². The first-order chi connectivity index (χ1) is 8.34. The molecule has 0 aromatic heterocycles. The Labute approximate surface area is 103 Å². The maximum atomic E-state index is 2.49. The van der Waals surface area contributed by atoms with Gasteiger partial charge >= 0.3 is 0 Å². The molecular weight excluding hydrogens is 206 g/mol. The van der Waals surface area contributed by atoms with E-state index in [-0.39, 0.29) is 0 Å². The number of fused-ring (bicyclic) bond motifs is 1. The summed E-state index contributed by atoms with van der Waals surface area (Å²) in [5.41, 5.74) is 1.48. The van der Waals surface area contributed by atoms with E-state index in [4.69, 9.17) is 0 Å². The van der Waals surface area contributed by atoms with Crippen LogP contribution in [-0.2, 0) is 0 Å². The standard InChI is InChI=1S/C16H19N/c1-17-11-5-4-8-16(17)15-10-9-13-6-2-3-7-14(13)12-15/h2-3,6-7,9-10,12,16H,4-5,8,11H2,1H3. The Morgan fingerprint density at radius 1 is 1.00 bits per heavy atom. The average Bonchev–Trinajstić information content (AvgIpc) is 2.39. The largest absolute Gasteiger partial charge is 0.299 e. The number of benzene rings is 2. The molecule has 0 radical (unpaired) electrons. The van der Waals surface area contributed by atoms with E-state index in [1.54, 1.807) is 0 Å². The van der Waals surface area contributed by atoms with Gasteiger partial charge in [-0.3, -0.25) is 4.90 Å². The lowest BCUT2D eigenvalue weighted by Crippen LogP contribution is -2.29. The van der Waals surface area contributed by atoms with Crippen molar-refractivity contribution in [3.05, 3.63) is 48.0 Å². The van der Waals surface area contributed by atoms with Crippen LogP contribution in [0.2, 0.25) is 0 Å². The molecule has 1 fully saturated rings. The van der Waals surface area contributed by atoms with Crippen molar-refractivity contribution in [1.29, 1.82) is 0 Å². The lowest BCUT2D eigenvalue weighted by Gasteiger charge is -2.32. The molecule has 1 saturated heterocycles. The highest BCUT2D eigenvalue weighted by molar-refractivity contribution is 5.83. The quantitative estimate of drug-likeness (QED) is 0.709. The number of rotatable bonds is 1. The molecular formula is C16H19N. The summed E-state index contributed by atoms with van der Waals surface area (Å²) in [4.78, 5) is 2.49. The summed E-state index contributed by atoms with van der Waals surface area (Å²) in [6.45, 7) is 1.23. The Morgan fingerprint density at radius 2 is 1.82 bits per heavy atom. The summed E-state index contributed by atoms with van der Waals surface area (Å²) >= 11 is 0. The van der Waals surface area contributed by atoms with Gasteiger partial charge in [-0.15, -0.1) is 0 Å². The van der Waals surface area contributed by atoms with E-state index in [1.807, 2.05) is 0 Å². The normalized spacial score (nSPS) is 21.8. The predicted molar refractivity (Wildman–Crippen MR) is 73.2 cm³/mol. The van der Waals surface area contributed by atoms with Gasteiger partial charge in [-0.2, -0.15) is 0 Å². The Hall–Kier alpha value is -1.34. The van der Waals surface area contributed by atoms with Gasteiger partial charge in [0.05, 0.1) is 0 Å². The second-order valence-electron chi connectivity index (χ2n) is 5.10. The molecule has 1 heteroatoms. The van der Waals surface area contributed by atoms with Gasteiger partial charge in [0.15, 0.2) is 0 Å². The number of nitrogens with zero attached hydrogens (tertiary/aromatic N) is 1. The van der Waals surface area contributed by atoms with Crippen LogP contribution in [0, 0.1) is 0 Å². The first kappa shape index (κ1) is 10.8. The first-order valence-corrected chi connectivity index (χ1v) is 6.53. The van der Waals surface area contributed by atoms with Crippen LogP contribution in [0.25, 0.3) is 10.8 Å². The van der Waals surface area contributed by atoms with Crippen LogP contribution in [0.3, 0.4) is 0 Å². The van der Waals surface area contributed by atoms with Crippen LogP contribution in [0.5, 0.6) is 0 Å². The van der Waals surface area contributed by atoms with Crippen LogP contribution in [0.4, 0.5) is 0 Å². The molecule has 3 rings (SSSR count). The van der Waals surface area contributed by atoms with E-state index >= 15 is 0 Å². The fourth-order valence-electron chi connectivity index (χ4n) is 2.91. The molecule has 17 heavy (non-hydrogen) atoms. The number of hydrogen-bond donors (Lipinski definition) is 0. The fourth-order valence-corrected chi connectivity index (χ4v) is 2.91. The number of hydrogen-bond acceptors (Lipinski definition) is 1. The fraction of sp³-hybridized carbons (Fsp3) is 0.375. The van der Waals surface area contributed by atoms with Crippen LogP contribution >= 0.6 is 0 Å². The Bertz CT molecular complexity index is 518. The summed E-state index contributed by atoms with van der Waals surface area (Å²) < 4.78 is 0. The summed E-state index contributed by atoms with van der Waals surface area (Å²) in [5.74, 6) is 0. The molecule has 1 aliphatic heterocycles. The van der Waals surface area contributed by atoms with Crippen LogP contribution in [-0.4, -0.2) is 18.5 Å². The molecule has 0 aliphatic carbocycles. The first-order valence-electron chi connectivity index (χ1n) is 6.53. The topological polar surface area (TPSA) is 3.24 Å². The molecule has 1 heterocycles. The minimum absolute atomic E-state index is 0.619. The zero-order valence-electron chi connectivity index (χ0n) is 10.4. The Balaban J connectivity index is 1.99. The van der Waals surface area contributed by atoms with E-state index in [9.17, 15) is 0 Å². The second kappa shape index (κ2) is 4.50. The summed E-state index contributed by atoms with van der Waals surface area (Å²) in [5, 5.41) is 2.71. The molecule has 1 atom stereocenters. The molecule has 2 aromatic carbocycles. The van der Waals surface area contributed by atoms with E-state index in [0.717, 1.165) is 0 Å².